The highest BCUT2D eigenvalue weighted by molar-refractivity contribution is 6.32. The van der Waals surface area contributed by atoms with Crippen molar-refractivity contribution in [2.75, 3.05) is 27.8 Å². The van der Waals surface area contributed by atoms with Gasteiger partial charge >= 0.3 is 5.97 Å². The maximum absolute atomic E-state index is 13.2. The van der Waals surface area contributed by atoms with E-state index in [0.717, 1.165) is 5.56 Å². The average Bonchev–Trinajstić information content (AvgIpc) is 3.15. The van der Waals surface area contributed by atoms with Gasteiger partial charge in [0.1, 0.15) is 11.5 Å². The fourth-order valence-corrected chi connectivity index (χ4v) is 3.33. The minimum Gasteiger partial charge on any atom is -0.478 e. The predicted octanol–water partition coefficient (Wildman–Crippen LogP) is 3.16. The zero-order valence-electron chi connectivity index (χ0n) is 15.9. The van der Waals surface area contributed by atoms with Crippen molar-refractivity contribution >= 4 is 23.5 Å². The smallest absolute Gasteiger partial charge is 0.336 e. The van der Waals surface area contributed by atoms with E-state index in [1.54, 1.807) is 6.07 Å². The highest BCUT2D eigenvalue weighted by atomic mass is 35.5. The Kier molecular flexibility index (Phi) is 6.58. The molecule has 29 heavy (non-hydrogen) atoms. The van der Waals surface area contributed by atoms with Gasteiger partial charge in [0.05, 0.1) is 16.1 Å². The van der Waals surface area contributed by atoms with Crippen LogP contribution in [0.3, 0.4) is 0 Å². The molecule has 0 aliphatic carbocycles. The first-order valence-electron chi connectivity index (χ1n) is 8.66. The molecule has 0 radical (unpaired) electrons. The highest BCUT2D eigenvalue weighted by Crippen LogP contribution is 2.35. The summed E-state index contributed by atoms with van der Waals surface area (Å²) < 4.78 is 20.7. The van der Waals surface area contributed by atoms with Gasteiger partial charge in [0.25, 0.3) is 5.91 Å². The van der Waals surface area contributed by atoms with Crippen LogP contribution in [-0.4, -0.2) is 49.7 Å². The number of benzene rings is 2. The van der Waals surface area contributed by atoms with E-state index in [2.05, 4.69) is 0 Å². The summed E-state index contributed by atoms with van der Waals surface area (Å²) in [5.74, 6) is -0.831. The molecular weight excluding hydrogens is 402 g/mol. The molecule has 154 valence electrons. The molecule has 0 saturated heterocycles. The lowest BCUT2D eigenvalue weighted by Gasteiger charge is -2.19. The fourth-order valence-electron chi connectivity index (χ4n) is 3.11. The van der Waals surface area contributed by atoms with Crippen molar-refractivity contribution < 1.29 is 33.6 Å². The Labute approximate surface area is 172 Å². The van der Waals surface area contributed by atoms with Gasteiger partial charge in [-0.3, -0.25) is 4.79 Å². The highest BCUT2D eigenvalue weighted by Gasteiger charge is 2.30. The van der Waals surface area contributed by atoms with Gasteiger partial charge < -0.3 is 29.0 Å². The largest absolute Gasteiger partial charge is 0.478 e. The number of fused-ring (bicyclic) bond motifs is 1. The van der Waals surface area contributed by atoms with Gasteiger partial charge in [0.15, 0.2) is 13.6 Å². The van der Waals surface area contributed by atoms with E-state index in [1.807, 2.05) is 6.07 Å². The van der Waals surface area contributed by atoms with Crippen molar-refractivity contribution in [2.24, 2.45) is 0 Å². The van der Waals surface area contributed by atoms with E-state index in [1.165, 1.54) is 37.3 Å². The van der Waals surface area contributed by atoms with E-state index in [4.69, 9.17) is 30.5 Å². The summed E-state index contributed by atoms with van der Waals surface area (Å²) in [5.41, 5.74) is 1.83. The van der Waals surface area contributed by atoms with Crippen molar-refractivity contribution in [3.8, 4) is 11.5 Å². The van der Waals surface area contributed by atoms with Gasteiger partial charge in [-0.25, -0.2) is 4.79 Å². The molecule has 1 aliphatic heterocycles. The summed E-state index contributed by atoms with van der Waals surface area (Å²) in [5, 5.41) is 9.61. The van der Waals surface area contributed by atoms with Crippen molar-refractivity contribution in [3.05, 3.63) is 57.6 Å². The van der Waals surface area contributed by atoms with E-state index in [9.17, 15) is 14.7 Å². The topological polar surface area (TPSA) is 94.5 Å². The number of aromatic carboxylic acids is 1. The molecule has 0 fully saturated rings. The van der Waals surface area contributed by atoms with Crippen LogP contribution < -0.4 is 9.47 Å². The molecule has 1 aliphatic rings. The Hall–Kier alpha value is -2.81. The molecule has 0 atom stereocenters. The number of nitrogens with zero attached hydrogens (tertiary/aromatic N) is 1. The van der Waals surface area contributed by atoms with Crippen LogP contribution >= 0.6 is 11.6 Å². The normalized spacial score (nSPS) is 12.6. The number of carbonyl (C=O) groups excluding carboxylic acids is 1. The lowest BCUT2D eigenvalue weighted by molar-refractivity contribution is 0.0448. The van der Waals surface area contributed by atoms with Crippen LogP contribution in [0.5, 0.6) is 11.5 Å². The Balaban J connectivity index is 1.91. The van der Waals surface area contributed by atoms with Crippen molar-refractivity contribution in [2.45, 2.75) is 13.1 Å². The van der Waals surface area contributed by atoms with Gasteiger partial charge in [-0.15, -0.1) is 0 Å². The number of carboxylic acids is 1. The standard InChI is InChI=1S/C20H20ClNO7/c1-26-10-28-17-7-18(29-11-27-2)16(21)6-14(17)19(23)22-8-12-4-3-5-13(20(24)25)15(12)9-22/h3-7H,8-11H2,1-2H3,(H,24,25). The van der Waals surface area contributed by atoms with Crippen LogP contribution in [0, 0.1) is 0 Å². The quantitative estimate of drug-likeness (QED) is 0.654. The molecule has 0 aromatic heterocycles. The van der Waals surface area contributed by atoms with Crippen LogP contribution in [0.1, 0.15) is 31.8 Å². The van der Waals surface area contributed by atoms with Crippen molar-refractivity contribution in [3.63, 3.8) is 0 Å². The number of halogens is 1. The monoisotopic (exact) mass is 421 g/mol. The Bertz CT molecular complexity index is 931. The zero-order chi connectivity index (χ0) is 21.0. The second-order valence-electron chi connectivity index (χ2n) is 6.29. The molecule has 0 spiro atoms. The van der Waals surface area contributed by atoms with E-state index in [0.29, 0.717) is 17.9 Å². The summed E-state index contributed by atoms with van der Waals surface area (Å²) >= 11 is 6.26. The first-order valence-corrected chi connectivity index (χ1v) is 9.04. The van der Waals surface area contributed by atoms with E-state index in [-0.39, 0.29) is 47.9 Å². The molecule has 1 amide bonds. The molecular formula is C20H20ClNO7. The number of ether oxygens (including phenoxy) is 4. The second-order valence-corrected chi connectivity index (χ2v) is 6.70. The van der Waals surface area contributed by atoms with Crippen LogP contribution in [0.2, 0.25) is 5.02 Å². The number of rotatable bonds is 8. The number of carboxylic acid groups (broad SMARTS) is 1. The number of carbonyl (C=O) groups is 2. The summed E-state index contributed by atoms with van der Waals surface area (Å²) in [4.78, 5) is 26.2. The molecule has 0 bridgehead atoms. The van der Waals surface area contributed by atoms with Crippen LogP contribution in [0.4, 0.5) is 0 Å². The van der Waals surface area contributed by atoms with Gasteiger partial charge in [-0.2, -0.15) is 0 Å². The van der Waals surface area contributed by atoms with Gasteiger partial charge in [0, 0.05) is 33.4 Å². The maximum Gasteiger partial charge on any atom is 0.336 e. The zero-order valence-corrected chi connectivity index (χ0v) is 16.7. The summed E-state index contributed by atoms with van der Waals surface area (Å²) in [7, 11) is 2.94. The average molecular weight is 422 g/mol. The molecule has 1 N–H and O–H groups in total. The maximum atomic E-state index is 13.2. The number of hydrogen-bond acceptors (Lipinski definition) is 6. The summed E-state index contributed by atoms with van der Waals surface area (Å²) in [6.07, 6.45) is 0. The summed E-state index contributed by atoms with van der Waals surface area (Å²) in [6, 6.07) is 7.97. The molecule has 8 nitrogen and oxygen atoms in total. The Morgan fingerprint density at radius 1 is 1.03 bits per heavy atom. The molecule has 2 aromatic carbocycles. The lowest BCUT2D eigenvalue weighted by Crippen LogP contribution is -2.26. The molecule has 1 heterocycles. The minimum absolute atomic E-state index is 0.0177. The van der Waals surface area contributed by atoms with Crippen LogP contribution in [0.15, 0.2) is 30.3 Å². The van der Waals surface area contributed by atoms with Gasteiger partial charge in [-0.05, 0) is 23.3 Å². The van der Waals surface area contributed by atoms with Crippen LogP contribution in [-0.2, 0) is 22.6 Å². The number of hydrogen-bond donors (Lipinski definition) is 1. The minimum atomic E-state index is -1.03. The van der Waals surface area contributed by atoms with Crippen molar-refractivity contribution in [1.82, 2.24) is 4.90 Å². The first-order chi connectivity index (χ1) is 14.0. The number of methoxy groups -OCH3 is 2. The third-order valence-corrected chi connectivity index (χ3v) is 4.73. The molecule has 0 saturated carbocycles. The fraction of sp³-hybridized carbons (Fsp3) is 0.300. The molecule has 2 aromatic rings. The SMILES string of the molecule is COCOc1cc(OCOC)c(C(=O)N2Cc3cccc(C(=O)O)c3C2)cc1Cl. The first kappa shape index (κ1) is 20.9. The Morgan fingerprint density at radius 3 is 2.38 bits per heavy atom. The van der Waals surface area contributed by atoms with Crippen molar-refractivity contribution in [1.29, 1.82) is 0 Å². The van der Waals surface area contributed by atoms with E-state index < -0.39 is 5.97 Å². The molecule has 0 unspecified atom stereocenters. The molecule has 3 rings (SSSR count). The van der Waals surface area contributed by atoms with Gasteiger partial charge in [-0.1, -0.05) is 23.7 Å². The third-order valence-electron chi connectivity index (χ3n) is 4.43. The predicted molar refractivity (Wildman–Crippen MR) is 103 cm³/mol. The van der Waals surface area contributed by atoms with Crippen LogP contribution in [0.25, 0.3) is 0 Å². The van der Waals surface area contributed by atoms with E-state index >= 15 is 0 Å². The summed E-state index contributed by atoms with van der Waals surface area (Å²) in [6.45, 7) is 0.379. The Morgan fingerprint density at radius 2 is 1.72 bits per heavy atom. The number of amides is 1. The molecule has 9 heteroatoms. The second kappa shape index (κ2) is 9.13. The third kappa shape index (κ3) is 4.45. The lowest BCUT2D eigenvalue weighted by atomic mass is 10.0. The van der Waals surface area contributed by atoms with Gasteiger partial charge in [0.2, 0.25) is 0 Å².